The number of ether oxygens (including phenoxy) is 1. The molecular weight excluding hydrogens is 418 g/mol. The van der Waals surface area contributed by atoms with Crippen LogP contribution in [0.15, 0.2) is 34.9 Å². The van der Waals surface area contributed by atoms with Gasteiger partial charge in [-0.2, -0.15) is 0 Å². The van der Waals surface area contributed by atoms with Crippen LogP contribution in [0.2, 0.25) is 0 Å². The zero-order chi connectivity index (χ0) is 23.2. The summed E-state index contributed by atoms with van der Waals surface area (Å²) >= 11 is 0. The van der Waals surface area contributed by atoms with E-state index in [1.165, 1.54) is 0 Å². The van der Waals surface area contributed by atoms with Crippen molar-refractivity contribution in [3.8, 4) is 5.75 Å². The average Bonchev–Trinajstić information content (AvgIpc) is 3.26. The molecule has 1 N–H and O–H groups in total. The predicted molar refractivity (Wildman–Crippen MR) is 128 cm³/mol. The van der Waals surface area contributed by atoms with Crippen molar-refractivity contribution < 1.29 is 14.1 Å². The van der Waals surface area contributed by atoms with Gasteiger partial charge in [-0.1, -0.05) is 17.3 Å². The van der Waals surface area contributed by atoms with E-state index in [1.807, 2.05) is 37.2 Å². The highest BCUT2D eigenvalue weighted by molar-refractivity contribution is 5.77. The zero-order valence-corrected chi connectivity index (χ0v) is 20.1. The largest absolute Gasteiger partial charge is 0.495 e. The normalized spacial score (nSPS) is 21.5. The number of hydrogen-bond donors (Lipinski definition) is 1. The minimum absolute atomic E-state index is 0.278. The maximum atomic E-state index is 13.2. The van der Waals surface area contributed by atoms with E-state index >= 15 is 0 Å². The molecule has 8 nitrogen and oxygen atoms in total. The van der Waals surface area contributed by atoms with Crippen molar-refractivity contribution in [2.24, 2.45) is 11.8 Å². The van der Waals surface area contributed by atoms with E-state index < -0.39 is 0 Å². The number of nitrogens with zero attached hydrogens (tertiary/aromatic N) is 4. The number of anilines is 1. The van der Waals surface area contributed by atoms with E-state index in [2.05, 4.69) is 32.4 Å². The number of piperidine rings is 1. The molecule has 1 aromatic heterocycles. The number of para-hydroxylation sites is 2. The third-order valence-electron chi connectivity index (χ3n) is 6.81. The zero-order valence-electron chi connectivity index (χ0n) is 20.1. The summed E-state index contributed by atoms with van der Waals surface area (Å²) in [4.78, 5) is 19.6. The molecule has 8 heteroatoms. The first-order valence-corrected chi connectivity index (χ1v) is 12.0. The number of nitrogens with one attached hydrogen (secondary N) is 1. The van der Waals surface area contributed by atoms with Crippen molar-refractivity contribution in [1.82, 2.24) is 20.3 Å². The lowest BCUT2D eigenvalue weighted by Crippen LogP contribution is -2.50. The number of carbonyl (C=O) groups excluding carboxylic acids is 1. The third kappa shape index (κ3) is 6.06. The maximum absolute atomic E-state index is 13.2. The van der Waals surface area contributed by atoms with Crippen LogP contribution in [0.1, 0.15) is 24.3 Å². The summed E-state index contributed by atoms with van der Waals surface area (Å²) in [5.41, 5.74) is 2.09. The van der Waals surface area contributed by atoms with E-state index in [0.717, 1.165) is 81.5 Å². The second-order valence-corrected chi connectivity index (χ2v) is 9.48. The van der Waals surface area contributed by atoms with Gasteiger partial charge in [0.1, 0.15) is 5.75 Å². The molecule has 0 bridgehead atoms. The van der Waals surface area contributed by atoms with Gasteiger partial charge in [0.05, 0.1) is 25.0 Å². The molecule has 2 aromatic rings. The summed E-state index contributed by atoms with van der Waals surface area (Å²) in [5, 5.41) is 7.78. The number of amides is 1. The first-order chi connectivity index (χ1) is 16.0. The number of aromatic nitrogens is 1. The molecule has 0 aliphatic carbocycles. The summed E-state index contributed by atoms with van der Waals surface area (Å²) in [6.45, 7) is 5.81. The fourth-order valence-electron chi connectivity index (χ4n) is 5.03. The molecular formula is C25H37N5O3. The van der Waals surface area contributed by atoms with E-state index in [4.69, 9.17) is 9.26 Å². The van der Waals surface area contributed by atoms with Crippen molar-refractivity contribution in [2.75, 3.05) is 65.4 Å². The molecule has 0 spiro atoms. The molecule has 2 saturated heterocycles. The molecule has 2 aliphatic heterocycles. The fraction of sp³-hybridized carbons (Fsp3) is 0.600. The van der Waals surface area contributed by atoms with Crippen LogP contribution in [0.5, 0.6) is 5.75 Å². The first kappa shape index (κ1) is 23.6. The van der Waals surface area contributed by atoms with Gasteiger partial charge in [0.15, 0.2) is 5.76 Å². The molecule has 2 atom stereocenters. The lowest BCUT2D eigenvalue weighted by molar-refractivity contribution is -0.133. The van der Waals surface area contributed by atoms with Gasteiger partial charge in [0.2, 0.25) is 5.91 Å². The van der Waals surface area contributed by atoms with Gasteiger partial charge >= 0.3 is 0 Å². The number of rotatable bonds is 8. The van der Waals surface area contributed by atoms with Crippen molar-refractivity contribution in [3.05, 3.63) is 41.8 Å². The Labute approximate surface area is 196 Å². The Bertz CT molecular complexity index is 907. The second kappa shape index (κ2) is 11.0. The van der Waals surface area contributed by atoms with E-state index in [0.29, 0.717) is 18.3 Å². The second-order valence-electron chi connectivity index (χ2n) is 9.48. The molecule has 1 aromatic carbocycles. The molecule has 0 radical (unpaired) electrons. The van der Waals surface area contributed by atoms with Gasteiger partial charge in [-0.25, -0.2) is 0 Å². The Morgan fingerprint density at radius 3 is 2.76 bits per heavy atom. The summed E-state index contributed by atoms with van der Waals surface area (Å²) in [6.07, 6.45) is 2.49. The number of benzene rings is 1. The topological polar surface area (TPSA) is 74.1 Å². The number of piperazine rings is 1. The van der Waals surface area contributed by atoms with Crippen LogP contribution in [-0.4, -0.2) is 81.3 Å². The van der Waals surface area contributed by atoms with E-state index in [9.17, 15) is 4.79 Å². The lowest BCUT2D eigenvalue weighted by atomic mass is 9.81. The predicted octanol–water partition coefficient (Wildman–Crippen LogP) is 2.25. The molecule has 1 amide bonds. The van der Waals surface area contributed by atoms with Gasteiger partial charge in [0, 0.05) is 38.7 Å². The van der Waals surface area contributed by atoms with Gasteiger partial charge in [-0.15, -0.1) is 0 Å². The van der Waals surface area contributed by atoms with Crippen LogP contribution in [-0.2, 0) is 17.8 Å². The first-order valence-electron chi connectivity index (χ1n) is 12.0. The quantitative estimate of drug-likeness (QED) is 0.654. The standard InChI is InChI=1S/C25H37N5O3/c1-28(2)18-22-16-21(27-33-22)14-20-17-26-9-8-19(20)15-25(31)30-12-10-29(11-13-30)23-6-4-5-7-24(23)32-3/h4-7,16,19-20,26H,8-15,17-18H2,1-3H3/t19-,20+/m0/s1. The van der Waals surface area contributed by atoms with Gasteiger partial charge in [-0.3, -0.25) is 4.79 Å². The van der Waals surface area contributed by atoms with Crippen LogP contribution in [0.4, 0.5) is 5.69 Å². The Kier molecular flexibility index (Phi) is 7.88. The maximum Gasteiger partial charge on any atom is 0.222 e. The highest BCUT2D eigenvalue weighted by Gasteiger charge is 2.31. The Morgan fingerprint density at radius 2 is 2.00 bits per heavy atom. The summed E-state index contributed by atoms with van der Waals surface area (Å²) in [7, 11) is 5.74. The Hall–Kier alpha value is -2.58. The van der Waals surface area contributed by atoms with Crippen LogP contribution in [0.25, 0.3) is 0 Å². The molecule has 4 rings (SSSR count). The third-order valence-corrected chi connectivity index (χ3v) is 6.81. The molecule has 180 valence electrons. The molecule has 0 unspecified atom stereocenters. The van der Waals surface area contributed by atoms with Crippen LogP contribution < -0.4 is 15.0 Å². The van der Waals surface area contributed by atoms with Crippen molar-refractivity contribution >= 4 is 11.6 Å². The minimum atomic E-state index is 0.278. The smallest absolute Gasteiger partial charge is 0.222 e. The lowest BCUT2D eigenvalue weighted by Gasteiger charge is -2.38. The Balaban J connectivity index is 1.31. The van der Waals surface area contributed by atoms with Crippen LogP contribution in [0, 0.1) is 11.8 Å². The molecule has 3 heterocycles. The van der Waals surface area contributed by atoms with E-state index in [1.54, 1.807) is 7.11 Å². The summed E-state index contributed by atoms with van der Waals surface area (Å²) in [6, 6.07) is 10.2. The monoisotopic (exact) mass is 455 g/mol. The van der Waals surface area contributed by atoms with Gasteiger partial charge < -0.3 is 29.3 Å². The van der Waals surface area contributed by atoms with Crippen LogP contribution in [0.3, 0.4) is 0 Å². The number of methoxy groups -OCH3 is 1. The van der Waals surface area contributed by atoms with Crippen molar-refractivity contribution in [3.63, 3.8) is 0 Å². The average molecular weight is 456 g/mol. The van der Waals surface area contributed by atoms with Crippen molar-refractivity contribution in [1.29, 1.82) is 0 Å². The minimum Gasteiger partial charge on any atom is -0.495 e. The summed E-state index contributed by atoms with van der Waals surface area (Å²) < 4.78 is 11.0. The fourth-order valence-corrected chi connectivity index (χ4v) is 5.03. The van der Waals surface area contributed by atoms with Gasteiger partial charge in [0.25, 0.3) is 0 Å². The highest BCUT2D eigenvalue weighted by atomic mass is 16.5. The molecule has 2 aliphatic rings. The molecule has 2 fully saturated rings. The highest BCUT2D eigenvalue weighted by Crippen LogP contribution is 2.30. The summed E-state index contributed by atoms with van der Waals surface area (Å²) in [5.74, 6) is 2.82. The van der Waals surface area contributed by atoms with Crippen molar-refractivity contribution in [2.45, 2.75) is 25.8 Å². The molecule has 33 heavy (non-hydrogen) atoms. The number of carbonyl (C=O) groups is 1. The Morgan fingerprint density at radius 1 is 1.21 bits per heavy atom. The van der Waals surface area contributed by atoms with E-state index in [-0.39, 0.29) is 5.91 Å². The molecule has 0 saturated carbocycles. The SMILES string of the molecule is COc1ccccc1N1CCN(C(=O)C[C@@H]2CCNC[C@H]2Cc2cc(CN(C)C)on2)CC1. The van der Waals surface area contributed by atoms with Crippen LogP contribution >= 0.6 is 0 Å². The number of hydrogen-bond acceptors (Lipinski definition) is 7. The van der Waals surface area contributed by atoms with Gasteiger partial charge in [-0.05, 0) is 64.0 Å².